The Morgan fingerprint density at radius 2 is 2.20 bits per heavy atom. The van der Waals surface area contributed by atoms with E-state index in [1.807, 2.05) is 0 Å². The molecule has 0 bridgehead atoms. The maximum Gasteiger partial charge on any atom is 0.407 e. The van der Waals surface area contributed by atoms with Crippen LogP contribution in [0.25, 0.3) is 0 Å². The summed E-state index contributed by atoms with van der Waals surface area (Å²) in [5.74, 6) is 0. The Kier molecular flexibility index (Phi) is 7.69. The third-order valence-corrected chi connectivity index (χ3v) is 3.12. The van der Waals surface area contributed by atoms with Crippen LogP contribution in [0.3, 0.4) is 0 Å². The molecule has 2 unspecified atom stereocenters. The van der Waals surface area contributed by atoms with Gasteiger partial charge in [-0.2, -0.15) is 0 Å². The number of carbonyl (C=O) groups is 1. The first-order chi connectivity index (χ1) is 9.69. The summed E-state index contributed by atoms with van der Waals surface area (Å²) < 4.78 is 10.5. The van der Waals surface area contributed by atoms with Crippen molar-refractivity contribution in [3.63, 3.8) is 0 Å². The number of rotatable bonds is 8. The molecule has 5 nitrogen and oxygen atoms in total. The van der Waals surface area contributed by atoms with Crippen molar-refractivity contribution in [1.29, 1.82) is 0 Å². The first-order valence-electron chi connectivity index (χ1n) is 6.79. The number of aliphatic hydroxyl groups is 1. The Hall–Kier alpha value is -1.59. The number of alkyl carbamates (subject to hydrolysis) is 1. The van der Waals surface area contributed by atoms with Crippen molar-refractivity contribution >= 4 is 6.09 Å². The number of amides is 1. The molecule has 1 aliphatic rings. The van der Waals surface area contributed by atoms with Gasteiger partial charge in [0.25, 0.3) is 0 Å². The van der Waals surface area contributed by atoms with Gasteiger partial charge in [-0.15, -0.1) is 0 Å². The van der Waals surface area contributed by atoms with Crippen molar-refractivity contribution < 1.29 is 19.4 Å². The molecule has 1 saturated carbocycles. The molecule has 0 aromatic heterocycles. The van der Waals surface area contributed by atoms with Gasteiger partial charge in [0, 0.05) is 6.04 Å². The number of allylic oxidation sites excluding steroid dienone is 2. The maximum atomic E-state index is 11.6. The first-order valence-corrected chi connectivity index (χ1v) is 6.79. The fourth-order valence-corrected chi connectivity index (χ4v) is 2.13. The van der Waals surface area contributed by atoms with E-state index in [1.54, 1.807) is 18.2 Å². The fraction of sp³-hybridized carbons (Fsp3) is 0.533. The van der Waals surface area contributed by atoms with Crippen molar-refractivity contribution in [2.75, 3.05) is 19.8 Å². The van der Waals surface area contributed by atoms with E-state index in [4.69, 9.17) is 14.6 Å². The molecule has 1 rings (SSSR count). The molecule has 0 saturated heterocycles. The largest absolute Gasteiger partial charge is 0.445 e. The zero-order valence-electron chi connectivity index (χ0n) is 11.7. The van der Waals surface area contributed by atoms with Crippen LogP contribution in [0.2, 0.25) is 0 Å². The molecular weight excluding hydrogens is 258 g/mol. The summed E-state index contributed by atoms with van der Waals surface area (Å²) in [5, 5.41) is 11.5. The molecule has 0 aromatic carbocycles. The highest BCUT2D eigenvalue weighted by Gasteiger charge is 2.26. The zero-order chi connectivity index (χ0) is 14.8. The Morgan fingerprint density at radius 1 is 1.40 bits per heavy atom. The number of nitrogens with one attached hydrogen (secondary N) is 1. The number of carbonyl (C=O) groups excluding carboxylic acids is 1. The summed E-state index contributed by atoms with van der Waals surface area (Å²) in [6, 6.07) is 0.0711. The second-order valence-electron chi connectivity index (χ2n) is 4.63. The molecule has 2 atom stereocenters. The summed E-state index contributed by atoms with van der Waals surface area (Å²) in [6.45, 7) is 7.76. The lowest BCUT2D eigenvalue weighted by atomic mass is 10.2. The maximum absolute atomic E-state index is 11.6. The van der Waals surface area contributed by atoms with Crippen molar-refractivity contribution in [3.05, 3.63) is 37.0 Å². The summed E-state index contributed by atoms with van der Waals surface area (Å²) in [4.78, 5) is 11.6. The van der Waals surface area contributed by atoms with Gasteiger partial charge >= 0.3 is 6.09 Å². The van der Waals surface area contributed by atoms with E-state index in [0.29, 0.717) is 6.61 Å². The monoisotopic (exact) mass is 281 g/mol. The summed E-state index contributed by atoms with van der Waals surface area (Å²) in [5.41, 5.74) is 0.797. The van der Waals surface area contributed by atoms with Gasteiger partial charge in [-0.25, -0.2) is 4.79 Å². The van der Waals surface area contributed by atoms with E-state index in [2.05, 4.69) is 18.5 Å². The van der Waals surface area contributed by atoms with E-state index >= 15 is 0 Å². The molecule has 0 aliphatic heterocycles. The molecule has 5 heteroatoms. The lowest BCUT2D eigenvalue weighted by molar-refractivity contribution is 0.0317. The van der Waals surface area contributed by atoms with Gasteiger partial charge in [0.1, 0.15) is 6.61 Å². The van der Waals surface area contributed by atoms with E-state index in [1.165, 1.54) is 0 Å². The van der Waals surface area contributed by atoms with Gasteiger partial charge in [-0.3, -0.25) is 0 Å². The van der Waals surface area contributed by atoms with E-state index in [-0.39, 0.29) is 25.4 Å². The van der Waals surface area contributed by atoms with Crippen LogP contribution in [0, 0.1) is 0 Å². The van der Waals surface area contributed by atoms with Crippen LogP contribution in [-0.4, -0.2) is 43.2 Å². The molecule has 20 heavy (non-hydrogen) atoms. The Bertz CT molecular complexity index is 365. The Labute approximate surface area is 120 Å². The standard InChI is InChI=1S/C15H23NO4/c1-3-5-12(4-2)11-20-15(18)16-13-6-7-14(10-13)19-9-8-17/h3-5,13-14,17H,1-2,6-11H2,(H,16,18)/b12-5+. The van der Waals surface area contributed by atoms with Gasteiger partial charge in [-0.1, -0.05) is 31.4 Å². The van der Waals surface area contributed by atoms with Crippen LogP contribution in [0.1, 0.15) is 19.3 Å². The molecule has 1 amide bonds. The quantitative estimate of drug-likeness (QED) is 0.667. The van der Waals surface area contributed by atoms with Crippen LogP contribution in [0.15, 0.2) is 37.0 Å². The molecule has 2 N–H and O–H groups in total. The summed E-state index contributed by atoms with van der Waals surface area (Å²) in [6.07, 6.45) is 7.18. The topological polar surface area (TPSA) is 67.8 Å². The zero-order valence-corrected chi connectivity index (χ0v) is 11.7. The molecule has 0 aromatic rings. The molecule has 1 aliphatic carbocycles. The average molecular weight is 281 g/mol. The van der Waals surface area contributed by atoms with Gasteiger partial charge in [0.2, 0.25) is 0 Å². The summed E-state index contributed by atoms with van der Waals surface area (Å²) in [7, 11) is 0. The molecule has 0 radical (unpaired) electrons. The third-order valence-electron chi connectivity index (χ3n) is 3.12. The lowest BCUT2D eigenvalue weighted by Gasteiger charge is -2.14. The molecular formula is C15H23NO4. The number of aliphatic hydroxyl groups excluding tert-OH is 1. The number of ether oxygens (including phenoxy) is 2. The predicted molar refractivity (Wildman–Crippen MR) is 77.4 cm³/mol. The third kappa shape index (κ3) is 6.04. The van der Waals surface area contributed by atoms with E-state index < -0.39 is 6.09 Å². The van der Waals surface area contributed by atoms with Crippen LogP contribution in [0.5, 0.6) is 0 Å². The fourth-order valence-electron chi connectivity index (χ4n) is 2.13. The average Bonchev–Trinajstić information content (AvgIpc) is 2.88. The highest BCUT2D eigenvalue weighted by atomic mass is 16.5. The normalized spacial score (nSPS) is 22.4. The first kappa shape index (κ1) is 16.5. The predicted octanol–water partition coefficient (Wildman–Crippen LogP) is 1.94. The van der Waals surface area contributed by atoms with Crippen LogP contribution >= 0.6 is 0 Å². The highest BCUT2D eigenvalue weighted by molar-refractivity contribution is 5.67. The van der Waals surface area contributed by atoms with Crippen molar-refractivity contribution in [3.8, 4) is 0 Å². The second kappa shape index (κ2) is 9.34. The lowest BCUT2D eigenvalue weighted by Crippen LogP contribution is -2.34. The minimum absolute atomic E-state index is 0.0244. The minimum Gasteiger partial charge on any atom is -0.445 e. The van der Waals surface area contributed by atoms with Crippen LogP contribution in [-0.2, 0) is 9.47 Å². The van der Waals surface area contributed by atoms with Crippen molar-refractivity contribution in [1.82, 2.24) is 5.32 Å². The van der Waals surface area contributed by atoms with Gasteiger partial charge in [0.15, 0.2) is 0 Å². The van der Waals surface area contributed by atoms with Crippen molar-refractivity contribution in [2.45, 2.75) is 31.4 Å². The minimum atomic E-state index is -0.436. The van der Waals surface area contributed by atoms with Gasteiger partial charge in [0.05, 0.1) is 19.3 Å². The SMILES string of the molecule is C=C/C=C(\C=C)COC(=O)NC1CCC(OCCO)C1. The van der Waals surface area contributed by atoms with Crippen molar-refractivity contribution in [2.24, 2.45) is 0 Å². The van der Waals surface area contributed by atoms with Crippen LogP contribution < -0.4 is 5.32 Å². The van der Waals surface area contributed by atoms with Gasteiger partial charge in [-0.05, 0) is 24.8 Å². The van der Waals surface area contributed by atoms with E-state index in [9.17, 15) is 4.79 Å². The Balaban J connectivity index is 2.24. The van der Waals surface area contributed by atoms with Gasteiger partial charge < -0.3 is 19.9 Å². The number of hydrogen-bond donors (Lipinski definition) is 2. The molecule has 0 heterocycles. The second-order valence-corrected chi connectivity index (χ2v) is 4.63. The smallest absolute Gasteiger partial charge is 0.407 e. The number of hydrogen-bond acceptors (Lipinski definition) is 4. The highest BCUT2D eigenvalue weighted by Crippen LogP contribution is 2.22. The molecule has 1 fully saturated rings. The van der Waals surface area contributed by atoms with Crippen LogP contribution in [0.4, 0.5) is 4.79 Å². The Morgan fingerprint density at radius 3 is 2.85 bits per heavy atom. The van der Waals surface area contributed by atoms with E-state index in [0.717, 1.165) is 24.8 Å². The summed E-state index contributed by atoms with van der Waals surface area (Å²) >= 11 is 0. The molecule has 112 valence electrons. The molecule has 0 spiro atoms.